The monoisotopic (exact) mass is 1730 g/mol. The average molecular weight is 1730 g/mol. The second-order valence-corrected chi connectivity index (χ2v) is 32.7. The second-order valence-electron chi connectivity index (χ2n) is 30.0. The molecule has 0 spiro atoms. The van der Waals surface area contributed by atoms with Crippen LogP contribution in [-0.4, -0.2) is 9.13 Å². The molecule has 0 aliphatic carbocycles. The van der Waals surface area contributed by atoms with Crippen LogP contribution in [0, 0.1) is 0 Å². The molecule has 20 aromatic carbocycles. The molecule has 22 rings (SSSR count). The number of hydrogen-bond acceptors (Lipinski definition) is 3. The molecule has 2 aromatic heterocycles. The van der Waals surface area contributed by atoms with Gasteiger partial charge in [-0.05, 0) is 242 Å². The van der Waals surface area contributed by atoms with E-state index in [2.05, 4.69) is 533 Å². The van der Waals surface area contributed by atoms with Gasteiger partial charge < -0.3 is 23.8 Å². The highest BCUT2D eigenvalue weighted by atomic mass is 79.9. The SMILES string of the molecule is Brc1ccc(-c2cc3ccc(N(c4ccccc4)c4cc(-c5ccccc5)cc(-c5ccccc5)c4)cc3c3ccccc23)cc1.Brc1ccc2c(c1)c1ccc(N(c3ccccc3)c3ccccc3)cc1n2-c1cccc2ccccc12.Brc1ccc2c3ccc(N(c4ccccc4)c4cccc5ccccc45)cc3n(-c3ccccc3)c2c1. The highest BCUT2D eigenvalue weighted by molar-refractivity contribution is 9.11. The minimum absolute atomic E-state index is 1.07. The van der Waals surface area contributed by atoms with E-state index in [1.807, 2.05) is 0 Å². The first kappa shape index (κ1) is 74.7. The number of benzene rings is 20. The molecule has 570 valence electrons. The molecule has 0 saturated heterocycles. The summed E-state index contributed by atoms with van der Waals surface area (Å²) in [6.45, 7) is 0. The third-order valence-corrected chi connectivity index (χ3v) is 24.2. The van der Waals surface area contributed by atoms with E-state index in [1.165, 1.54) is 126 Å². The molecule has 0 amide bonds. The number of para-hydroxylation sites is 5. The molecule has 0 aliphatic rings. The van der Waals surface area contributed by atoms with Gasteiger partial charge in [-0.2, -0.15) is 0 Å². The summed E-state index contributed by atoms with van der Waals surface area (Å²) in [4.78, 5) is 7.07. The first-order chi connectivity index (χ1) is 59.3. The quantitative estimate of drug-likeness (QED) is 0.101. The van der Waals surface area contributed by atoms with Gasteiger partial charge in [0.15, 0.2) is 0 Å². The number of fused-ring (bicyclic) bond motifs is 11. The molecule has 0 radical (unpaired) electrons. The van der Waals surface area contributed by atoms with E-state index >= 15 is 0 Å². The highest BCUT2D eigenvalue weighted by Crippen LogP contribution is 2.47. The van der Waals surface area contributed by atoms with Crippen molar-refractivity contribution in [2.45, 2.75) is 0 Å². The van der Waals surface area contributed by atoms with Gasteiger partial charge in [0.05, 0.1) is 33.4 Å². The Hall–Kier alpha value is -14.1. The summed E-state index contributed by atoms with van der Waals surface area (Å²) < 4.78 is 8.01. The lowest BCUT2D eigenvalue weighted by Crippen LogP contribution is -2.10. The van der Waals surface area contributed by atoms with E-state index in [9.17, 15) is 0 Å². The Morgan fingerprint density at radius 3 is 1.19 bits per heavy atom. The maximum absolute atomic E-state index is 3.70. The Labute approximate surface area is 722 Å². The Morgan fingerprint density at radius 1 is 0.175 bits per heavy atom. The average Bonchev–Trinajstić information content (AvgIpc) is 1.55. The van der Waals surface area contributed by atoms with E-state index in [0.717, 1.165) is 70.3 Å². The van der Waals surface area contributed by atoms with Crippen LogP contribution in [0.25, 0.3) is 131 Å². The van der Waals surface area contributed by atoms with Gasteiger partial charge in [0, 0.05) is 96.9 Å². The summed E-state index contributed by atoms with van der Waals surface area (Å²) in [5, 5.41) is 14.8. The topological polar surface area (TPSA) is 19.6 Å². The van der Waals surface area contributed by atoms with Crippen molar-refractivity contribution >= 4 is 186 Å². The molecule has 120 heavy (non-hydrogen) atoms. The fourth-order valence-corrected chi connectivity index (χ4v) is 18.2. The summed E-state index contributed by atoms with van der Waals surface area (Å²) in [6, 6.07) is 165. The number of nitrogens with zero attached hydrogens (tertiary/aromatic N) is 5. The van der Waals surface area contributed by atoms with Crippen LogP contribution in [0.3, 0.4) is 0 Å². The maximum Gasteiger partial charge on any atom is 0.0562 e. The van der Waals surface area contributed by atoms with Crippen LogP contribution in [0.5, 0.6) is 0 Å². The van der Waals surface area contributed by atoms with Crippen molar-refractivity contribution in [2.24, 2.45) is 0 Å². The number of halogens is 3. The Balaban J connectivity index is 0.000000116. The third kappa shape index (κ3) is 14.7. The summed E-state index contributed by atoms with van der Waals surface area (Å²) in [5.41, 5.74) is 24.4. The zero-order valence-electron chi connectivity index (χ0n) is 65.2. The smallest absolute Gasteiger partial charge is 0.0562 e. The van der Waals surface area contributed by atoms with E-state index < -0.39 is 0 Å². The van der Waals surface area contributed by atoms with Crippen LogP contribution < -0.4 is 14.7 Å². The van der Waals surface area contributed by atoms with Gasteiger partial charge in [-0.25, -0.2) is 0 Å². The van der Waals surface area contributed by atoms with Gasteiger partial charge in [-0.3, -0.25) is 0 Å². The molecule has 22 aromatic rings. The molecule has 5 nitrogen and oxygen atoms in total. The van der Waals surface area contributed by atoms with Crippen molar-refractivity contribution in [1.29, 1.82) is 0 Å². The van der Waals surface area contributed by atoms with Crippen molar-refractivity contribution in [3.05, 3.63) is 474 Å². The lowest BCUT2D eigenvalue weighted by molar-refractivity contribution is 1.18. The number of hydrogen-bond donors (Lipinski definition) is 0. The van der Waals surface area contributed by atoms with Crippen LogP contribution >= 0.6 is 47.8 Å². The molecule has 0 bridgehead atoms. The van der Waals surface area contributed by atoms with E-state index in [0.29, 0.717) is 0 Å². The Bertz CT molecular complexity index is 7380. The van der Waals surface area contributed by atoms with Crippen LogP contribution in [0.15, 0.2) is 474 Å². The van der Waals surface area contributed by atoms with Crippen molar-refractivity contribution in [2.75, 3.05) is 14.7 Å². The molecule has 0 fully saturated rings. The van der Waals surface area contributed by atoms with E-state index in [-0.39, 0.29) is 0 Å². The maximum atomic E-state index is 3.70. The molecule has 0 unspecified atom stereocenters. The fraction of sp³-hybridized carbons (Fsp3) is 0. The van der Waals surface area contributed by atoms with Gasteiger partial charge in [0.25, 0.3) is 0 Å². The first-order valence-electron chi connectivity index (χ1n) is 40.3. The second kappa shape index (κ2) is 33.1. The van der Waals surface area contributed by atoms with Crippen molar-refractivity contribution in [3.63, 3.8) is 0 Å². The van der Waals surface area contributed by atoms with Gasteiger partial charge in [-0.15, -0.1) is 0 Å². The van der Waals surface area contributed by atoms with Gasteiger partial charge in [-0.1, -0.05) is 333 Å². The highest BCUT2D eigenvalue weighted by Gasteiger charge is 2.24. The Morgan fingerprint density at radius 2 is 0.592 bits per heavy atom. The van der Waals surface area contributed by atoms with Gasteiger partial charge in [0.1, 0.15) is 0 Å². The minimum atomic E-state index is 1.07. The Kier molecular flexibility index (Phi) is 20.6. The normalized spacial score (nSPS) is 11.3. The fourth-order valence-electron chi connectivity index (χ4n) is 17.2. The first-order valence-corrected chi connectivity index (χ1v) is 42.7. The number of aromatic nitrogens is 2. The third-order valence-electron chi connectivity index (χ3n) is 22.7. The van der Waals surface area contributed by atoms with Crippen molar-refractivity contribution < 1.29 is 0 Å². The summed E-state index contributed by atoms with van der Waals surface area (Å²) in [6.07, 6.45) is 0. The lowest BCUT2D eigenvalue weighted by Gasteiger charge is -2.27. The van der Waals surface area contributed by atoms with Crippen LogP contribution in [0.4, 0.5) is 51.2 Å². The molecule has 0 saturated carbocycles. The predicted octanol–water partition coefficient (Wildman–Crippen LogP) is 33.6. The van der Waals surface area contributed by atoms with Gasteiger partial charge >= 0.3 is 0 Å². The largest absolute Gasteiger partial charge is 0.310 e. The van der Waals surface area contributed by atoms with Crippen LogP contribution in [0.2, 0.25) is 0 Å². The van der Waals surface area contributed by atoms with Gasteiger partial charge in [0.2, 0.25) is 0 Å². The summed E-state index contributed by atoms with van der Waals surface area (Å²) >= 11 is 11.0. The molecular weight excluding hydrogens is 1650 g/mol. The molecule has 2 heterocycles. The predicted molar refractivity (Wildman–Crippen MR) is 521 cm³/mol. The summed E-state index contributed by atoms with van der Waals surface area (Å²) in [5.74, 6) is 0. The van der Waals surface area contributed by atoms with Crippen molar-refractivity contribution in [3.8, 4) is 44.8 Å². The lowest BCUT2D eigenvalue weighted by atomic mass is 9.93. The zero-order chi connectivity index (χ0) is 80.4. The molecular formula is C112H76Br3N5. The molecule has 0 atom stereocenters. The van der Waals surface area contributed by atoms with Crippen molar-refractivity contribution in [1.82, 2.24) is 9.13 Å². The van der Waals surface area contributed by atoms with Crippen LogP contribution in [-0.2, 0) is 0 Å². The minimum Gasteiger partial charge on any atom is -0.310 e. The number of anilines is 9. The van der Waals surface area contributed by atoms with E-state index in [4.69, 9.17) is 0 Å². The molecule has 0 aliphatic heterocycles. The zero-order valence-corrected chi connectivity index (χ0v) is 70.0. The standard InChI is InChI=1S/C44H30BrN.2C34H23BrN2/c45-37-23-20-33(21-24-37)43-29-34-22-25-39(30-44(34)42-19-11-10-18-41(42)43)46(38-16-8-3-9-17-38)40-27-35(31-12-4-1-5-13-31)26-36(28-40)32-14-6-2-7-15-32;35-25-18-21-33-31(22-25)30-20-19-28(36(26-12-3-1-4-13-26)27-14-5-2-6-15-27)23-34(30)37(33)32-17-9-11-24-10-7-8-16-29(24)32;35-25-18-20-30-31-21-19-28(23-34(31)37(33(30)22-25)27-14-5-2-6-15-27)36(26-12-3-1-4-13-26)32-17-9-11-24-10-7-8-16-29(24)32/h1-30H;2*1-23H. The molecule has 0 N–H and O–H groups in total. The number of rotatable bonds is 14. The molecule has 8 heteroatoms. The van der Waals surface area contributed by atoms with Crippen LogP contribution in [0.1, 0.15) is 0 Å². The summed E-state index contributed by atoms with van der Waals surface area (Å²) in [7, 11) is 0. The van der Waals surface area contributed by atoms with E-state index in [1.54, 1.807) is 0 Å².